The number of ether oxygens (including phenoxy) is 2. The smallest absolute Gasteiger partial charge is 0.311 e. The topological polar surface area (TPSA) is 35.5 Å². The fourth-order valence-corrected chi connectivity index (χ4v) is 4.26. The first-order chi connectivity index (χ1) is 14.7. The number of methoxy groups -OCH3 is 1. The fraction of sp³-hybridized carbons (Fsp3) is 0.148. The van der Waals surface area contributed by atoms with E-state index in [0.717, 1.165) is 18.6 Å². The summed E-state index contributed by atoms with van der Waals surface area (Å²) in [6.07, 6.45) is 1.97. The minimum absolute atomic E-state index is 0.210. The summed E-state index contributed by atoms with van der Waals surface area (Å²) in [7, 11) is 1.61. The predicted octanol–water partition coefficient (Wildman–Crippen LogP) is 6.52. The molecular formula is C27H22O3. The summed E-state index contributed by atoms with van der Waals surface area (Å²) in [6, 6.07) is 26.7. The van der Waals surface area contributed by atoms with Crippen LogP contribution in [-0.4, -0.2) is 13.1 Å². The van der Waals surface area contributed by atoms with Crippen LogP contribution < -0.4 is 9.47 Å². The minimum atomic E-state index is -0.210. The highest BCUT2D eigenvalue weighted by Crippen LogP contribution is 2.36. The molecule has 0 fully saturated rings. The van der Waals surface area contributed by atoms with Gasteiger partial charge < -0.3 is 9.47 Å². The number of aryl methyl sites for hydroxylation is 1. The molecule has 0 heterocycles. The number of hydrogen-bond acceptors (Lipinski definition) is 3. The van der Waals surface area contributed by atoms with Crippen LogP contribution in [-0.2, 0) is 11.2 Å². The molecule has 0 radical (unpaired) electrons. The van der Waals surface area contributed by atoms with E-state index in [1.807, 2.05) is 0 Å². The standard InChI is InChI=1S/C27H22O3/c1-29-22-13-15-23(16-14-22)30-25(28)7-3-4-18-8-9-21-11-10-19-5-2-6-20-12-17-24(18)27(21)26(19)20/h2,5-6,8-17H,3-4,7H2,1H3. The zero-order valence-corrected chi connectivity index (χ0v) is 16.9. The third-order valence-electron chi connectivity index (χ3n) is 5.74. The van der Waals surface area contributed by atoms with Gasteiger partial charge in [0.15, 0.2) is 0 Å². The number of carbonyl (C=O) groups is 1. The Morgan fingerprint density at radius 1 is 0.733 bits per heavy atom. The summed E-state index contributed by atoms with van der Waals surface area (Å²) in [4.78, 5) is 12.2. The Kier molecular flexibility index (Phi) is 4.72. The molecule has 0 aromatic heterocycles. The summed E-state index contributed by atoms with van der Waals surface area (Å²) < 4.78 is 10.6. The second kappa shape index (κ2) is 7.68. The highest BCUT2D eigenvalue weighted by Gasteiger charge is 2.11. The number of benzene rings is 5. The van der Waals surface area contributed by atoms with E-state index in [4.69, 9.17) is 9.47 Å². The lowest BCUT2D eigenvalue weighted by Crippen LogP contribution is -2.08. The van der Waals surface area contributed by atoms with E-state index < -0.39 is 0 Å². The quantitative estimate of drug-likeness (QED) is 0.187. The average Bonchev–Trinajstić information content (AvgIpc) is 2.79. The molecule has 0 atom stereocenters. The summed E-state index contributed by atoms with van der Waals surface area (Å²) in [5.74, 6) is 1.07. The van der Waals surface area contributed by atoms with E-state index in [1.165, 1.54) is 37.9 Å². The summed E-state index contributed by atoms with van der Waals surface area (Å²) >= 11 is 0. The largest absolute Gasteiger partial charge is 0.497 e. The molecule has 3 heteroatoms. The van der Waals surface area contributed by atoms with E-state index in [-0.39, 0.29) is 5.97 Å². The van der Waals surface area contributed by atoms with E-state index >= 15 is 0 Å². The van der Waals surface area contributed by atoms with Crippen molar-refractivity contribution in [1.82, 2.24) is 0 Å². The van der Waals surface area contributed by atoms with E-state index in [2.05, 4.69) is 54.6 Å². The van der Waals surface area contributed by atoms with Crippen molar-refractivity contribution in [3.05, 3.63) is 84.4 Å². The summed E-state index contributed by atoms with van der Waals surface area (Å²) in [5.41, 5.74) is 1.28. The Morgan fingerprint density at radius 2 is 1.37 bits per heavy atom. The van der Waals surface area contributed by atoms with Crippen molar-refractivity contribution >= 4 is 38.3 Å². The maximum Gasteiger partial charge on any atom is 0.311 e. The maximum atomic E-state index is 12.2. The minimum Gasteiger partial charge on any atom is -0.497 e. The third kappa shape index (κ3) is 3.33. The molecule has 5 aromatic rings. The van der Waals surface area contributed by atoms with Crippen molar-refractivity contribution in [2.24, 2.45) is 0 Å². The molecule has 0 amide bonds. The Balaban J connectivity index is 1.33. The second-order valence-corrected chi connectivity index (χ2v) is 7.58. The molecule has 30 heavy (non-hydrogen) atoms. The molecule has 5 aromatic carbocycles. The lowest BCUT2D eigenvalue weighted by atomic mass is 9.90. The van der Waals surface area contributed by atoms with Gasteiger partial charge in [-0.2, -0.15) is 0 Å². The normalized spacial score (nSPS) is 11.4. The molecule has 0 unspecified atom stereocenters. The number of hydrogen-bond donors (Lipinski definition) is 0. The van der Waals surface area contributed by atoms with Gasteiger partial charge in [0.25, 0.3) is 0 Å². The van der Waals surface area contributed by atoms with Crippen LogP contribution in [0.5, 0.6) is 11.5 Å². The fourth-order valence-electron chi connectivity index (χ4n) is 4.26. The predicted molar refractivity (Wildman–Crippen MR) is 122 cm³/mol. The Hall–Kier alpha value is -3.59. The van der Waals surface area contributed by atoms with Crippen molar-refractivity contribution in [3.8, 4) is 11.5 Å². The number of rotatable bonds is 6. The van der Waals surface area contributed by atoms with E-state index in [9.17, 15) is 4.79 Å². The van der Waals surface area contributed by atoms with Crippen molar-refractivity contribution in [2.75, 3.05) is 7.11 Å². The van der Waals surface area contributed by atoms with Gasteiger partial charge in [-0.05, 0) is 75.0 Å². The Bertz CT molecular complexity index is 1320. The molecule has 148 valence electrons. The molecule has 0 saturated heterocycles. The Morgan fingerprint density at radius 3 is 2.10 bits per heavy atom. The second-order valence-electron chi connectivity index (χ2n) is 7.58. The van der Waals surface area contributed by atoms with Gasteiger partial charge in [-0.3, -0.25) is 4.79 Å². The average molecular weight is 394 g/mol. The van der Waals surface area contributed by atoms with Crippen LogP contribution in [0.3, 0.4) is 0 Å². The van der Waals surface area contributed by atoms with Gasteiger partial charge in [0.1, 0.15) is 11.5 Å². The molecule has 0 N–H and O–H groups in total. The van der Waals surface area contributed by atoms with E-state index in [1.54, 1.807) is 31.4 Å². The zero-order chi connectivity index (χ0) is 20.5. The maximum absolute atomic E-state index is 12.2. The highest BCUT2D eigenvalue weighted by molar-refractivity contribution is 6.23. The Labute approximate surface area is 175 Å². The van der Waals surface area contributed by atoms with Crippen LogP contribution in [0.15, 0.2) is 78.9 Å². The zero-order valence-electron chi connectivity index (χ0n) is 16.9. The van der Waals surface area contributed by atoms with Gasteiger partial charge >= 0.3 is 5.97 Å². The van der Waals surface area contributed by atoms with Crippen molar-refractivity contribution in [3.63, 3.8) is 0 Å². The monoisotopic (exact) mass is 394 g/mol. The van der Waals surface area contributed by atoms with Crippen molar-refractivity contribution in [2.45, 2.75) is 19.3 Å². The van der Waals surface area contributed by atoms with Crippen LogP contribution in [0.2, 0.25) is 0 Å². The molecule has 0 spiro atoms. The van der Waals surface area contributed by atoms with Crippen molar-refractivity contribution < 1.29 is 14.3 Å². The lowest BCUT2D eigenvalue weighted by Gasteiger charge is -2.14. The van der Waals surface area contributed by atoms with Gasteiger partial charge in [-0.15, -0.1) is 0 Å². The third-order valence-corrected chi connectivity index (χ3v) is 5.74. The molecule has 0 aliphatic carbocycles. The molecule has 5 rings (SSSR count). The molecule has 0 aliphatic heterocycles. The molecule has 0 saturated carbocycles. The number of carbonyl (C=O) groups excluding carboxylic acids is 1. The van der Waals surface area contributed by atoms with Gasteiger partial charge in [-0.25, -0.2) is 0 Å². The molecule has 3 nitrogen and oxygen atoms in total. The SMILES string of the molecule is COc1ccc(OC(=O)CCCc2ccc3ccc4cccc5ccc2c3c45)cc1. The van der Waals surface area contributed by atoms with Crippen LogP contribution >= 0.6 is 0 Å². The summed E-state index contributed by atoms with van der Waals surface area (Å²) in [6.45, 7) is 0. The first-order valence-corrected chi connectivity index (χ1v) is 10.2. The van der Waals surface area contributed by atoms with Gasteiger partial charge in [0, 0.05) is 6.42 Å². The molecule has 0 bridgehead atoms. The summed E-state index contributed by atoms with van der Waals surface area (Å²) in [5, 5.41) is 7.73. The van der Waals surface area contributed by atoms with E-state index in [0.29, 0.717) is 12.2 Å². The van der Waals surface area contributed by atoms with Crippen LogP contribution in [0.4, 0.5) is 0 Å². The highest BCUT2D eigenvalue weighted by atomic mass is 16.5. The first-order valence-electron chi connectivity index (χ1n) is 10.2. The lowest BCUT2D eigenvalue weighted by molar-refractivity contribution is -0.134. The van der Waals surface area contributed by atoms with Crippen molar-refractivity contribution in [1.29, 1.82) is 0 Å². The van der Waals surface area contributed by atoms with Gasteiger partial charge in [0.2, 0.25) is 0 Å². The first kappa shape index (κ1) is 18.4. The van der Waals surface area contributed by atoms with Crippen LogP contribution in [0.1, 0.15) is 18.4 Å². The van der Waals surface area contributed by atoms with Crippen LogP contribution in [0.25, 0.3) is 32.3 Å². The van der Waals surface area contributed by atoms with Gasteiger partial charge in [0.05, 0.1) is 7.11 Å². The molecule has 0 aliphatic rings. The number of esters is 1. The van der Waals surface area contributed by atoms with Gasteiger partial charge in [-0.1, -0.05) is 54.6 Å². The van der Waals surface area contributed by atoms with Crippen LogP contribution in [0, 0.1) is 0 Å². The molecular weight excluding hydrogens is 372 g/mol.